The number of benzene rings is 3. The van der Waals surface area contributed by atoms with Gasteiger partial charge in [0.15, 0.2) is 11.6 Å². The van der Waals surface area contributed by atoms with Crippen LogP contribution in [0.1, 0.15) is 23.2 Å². The molecule has 5 aromatic rings. The molecular weight excluding hydrogens is 616 g/mol. The summed E-state index contributed by atoms with van der Waals surface area (Å²) in [6, 6.07) is 19.7. The second-order valence-electron chi connectivity index (χ2n) is 10.6. The molecule has 1 aliphatic carbocycles. The van der Waals surface area contributed by atoms with Crippen LogP contribution in [0.15, 0.2) is 85.1 Å². The molecule has 0 radical (unpaired) electrons. The molecule has 2 heterocycles. The molecule has 0 bridgehead atoms. The van der Waals surface area contributed by atoms with Gasteiger partial charge in [-0.2, -0.15) is 0 Å². The molecule has 0 unspecified atom stereocenters. The zero-order chi connectivity index (χ0) is 32.3. The number of nitrogens with zero attached hydrogens (tertiary/aromatic N) is 1. The van der Waals surface area contributed by atoms with Crippen LogP contribution in [0.5, 0.6) is 11.5 Å². The van der Waals surface area contributed by atoms with Gasteiger partial charge in [-0.15, -0.1) is 11.3 Å². The van der Waals surface area contributed by atoms with Gasteiger partial charge < -0.3 is 24.8 Å². The number of amides is 2. The molecule has 12 heteroatoms. The first kappa shape index (κ1) is 30.8. The average Bonchev–Trinajstić information content (AvgIpc) is 3.76. The van der Waals surface area contributed by atoms with Crippen LogP contribution in [-0.2, 0) is 19.1 Å². The molecule has 0 saturated heterocycles. The standard InChI is InChI=1S/C34H27F2N3O6S/c1-43-16-17-44-31(40)21-4-2-20(3-5-21)29-19-26-30(46-29)28(12-15-37-26)45-27-11-10-24(18-25(27)36)39-33(42)34(13-14-34)32(41)38-23-8-6-22(35)7-9-23/h2-12,15,18-19H,13-14,16-17H2,1H3,(H,38,41)(H,39,42). The summed E-state index contributed by atoms with van der Waals surface area (Å²) in [7, 11) is 1.53. The molecular formula is C34H27F2N3O6S. The van der Waals surface area contributed by atoms with Crippen molar-refractivity contribution in [1.29, 1.82) is 0 Å². The second-order valence-corrected chi connectivity index (χ2v) is 11.6. The van der Waals surface area contributed by atoms with Crippen molar-refractivity contribution in [2.75, 3.05) is 31.0 Å². The summed E-state index contributed by atoms with van der Waals surface area (Å²) in [6.45, 7) is 0.481. The molecule has 1 fully saturated rings. The topological polar surface area (TPSA) is 116 Å². The fraction of sp³-hybridized carbons (Fsp3) is 0.176. The number of anilines is 2. The number of carbonyl (C=O) groups is 3. The zero-order valence-electron chi connectivity index (χ0n) is 24.5. The minimum Gasteiger partial charge on any atom is -0.460 e. The Bertz CT molecular complexity index is 1920. The Morgan fingerprint density at radius 2 is 1.54 bits per heavy atom. The number of esters is 1. The highest BCUT2D eigenvalue weighted by Gasteiger charge is 2.56. The Kier molecular flexibility index (Phi) is 8.73. The third-order valence-corrected chi connectivity index (χ3v) is 8.62. The normalized spacial score (nSPS) is 13.2. The van der Waals surface area contributed by atoms with Gasteiger partial charge >= 0.3 is 5.97 Å². The first-order valence-corrected chi connectivity index (χ1v) is 15.1. The fourth-order valence-electron chi connectivity index (χ4n) is 4.71. The number of methoxy groups -OCH3 is 1. The van der Waals surface area contributed by atoms with Crippen LogP contribution in [-0.4, -0.2) is 43.1 Å². The van der Waals surface area contributed by atoms with E-state index in [1.54, 1.807) is 24.4 Å². The first-order chi connectivity index (χ1) is 22.3. The minimum absolute atomic E-state index is 0.0630. The third kappa shape index (κ3) is 6.58. The van der Waals surface area contributed by atoms with Crippen molar-refractivity contribution >= 4 is 50.7 Å². The second kappa shape index (κ2) is 13.0. The maximum absolute atomic E-state index is 15.2. The number of hydrogen-bond acceptors (Lipinski definition) is 8. The van der Waals surface area contributed by atoms with Gasteiger partial charge in [-0.3, -0.25) is 14.6 Å². The maximum atomic E-state index is 15.2. The molecule has 46 heavy (non-hydrogen) atoms. The lowest BCUT2D eigenvalue weighted by Crippen LogP contribution is -2.35. The summed E-state index contributed by atoms with van der Waals surface area (Å²) in [5.41, 5.74) is 1.17. The lowest BCUT2D eigenvalue weighted by molar-refractivity contribution is -0.131. The number of rotatable bonds is 11. The lowest BCUT2D eigenvalue weighted by atomic mass is 10.0. The number of pyridine rings is 1. The van der Waals surface area contributed by atoms with Crippen molar-refractivity contribution in [3.63, 3.8) is 0 Å². The van der Waals surface area contributed by atoms with E-state index in [1.807, 2.05) is 18.2 Å². The summed E-state index contributed by atoms with van der Waals surface area (Å²) in [5, 5.41) is 5.27. The molecule has 2 amide bonds. The van der Waals surface area contributed by atoms with E-state index in [-0.39, 0.29) is 18.0 Å². The van der Waals surface area contributed by atoms with Crippen LogP contribution in [0.3, 0.4) is 0 Å². The van der Waals surface area contributed by atoms with E-state index in [4.69, 9.17) is 14.2 Å². The van der Waals surface area contributed by atoms with Gasteiger partial charge in [0.05, 0.1) is 22.4 Å². The van der Waals surface area contributed by atoms with Crippen LogP contribution in [0.25, 0.3) is 20.7 Å². The van der Waals surface area contributed by atoms with Crippen LogP contribution in [0, 0.1) is 17.0 Å². The van der Waals surface area contributed by atoms with E-state index < -0.39 is 34.8 Å². The van der Waals surface area contributed by atoms with Crippen molar-refractivity contribution in [2.45, 2.75) is 12.8 Å². The average molecular weight is 644 g/mol. The number of nitrogens with one attached hydrogen (secondary N) is 2. The van der Waals surface area contributed by atoms with E-state index in [0.717, 1.165) is 16.5 Å². The van der Waals surface area contributed by atoms with Gasteiger partial charge in [-0.1, -0.05) is 12.1 Å². The smallest absolute Gasteiger partial charge is 0.338 e. The number of halogens is 2. The number of thiophene rings is 1. The van der Waals surface area contributed by atoms with Crippen molar-refractivity contribution in [3.8, 4) is 21.9 Å². The first-order valence-electron chi connectivity index (χ1n) is 14.3. The SMILES string of the molecule is COCCOC(=O)c1ccc(-c2cc3nccc(Oc4ccc(NC(=O)C5(C(=O)Nc6ccc(F)cc6)CC5)cc4F)c3s2)cc1. The Morgan fingerprint density at radius 3 is 2.22 bits per heavy atom. The Balaban J connectivity index is 1.13. The van der Waals surface area contributed by atoms with Gasteiger partial charge in [0, 0.05) is 41.7 Å². The lowest BCUT2D eigenvalue weighted by Gasteiger charge is -2.16. The van der Waals surface area contributed by atoms with E-state index >= 15 is 4.39 Å². The molecule has 1 aliphatic rings. The molecule has 0 aliphatic heterocycles. The minimum atomic E-state index is -1.28. The zero-order valence-corrected chi connectivity index (χ0v) is 25.3. The van der Waals surface area contributed by atoms with Crippen molar-refractivity contribution < 1.29 is 37.4 Å². The predicted octanol–water partition coefficient (Wildman–Crippen LogP) is 7.19. The van der Waals surface area contributed by atoms with Gasteiger partial charge in [-0.05, 0) is 73.0 Å². The molecule has 3 aromatic carbocycles. The van der Waals surface area contributed by atoms with Crippen LogP contribution in [0.2, 0.25) is 0 Å². The molecule has 2 aromatic heterocycles. The molecule has 9 nitrogen and oxygen atoms in total. The Morgan fingerprint density at radius 1 is 0.848 bits per heavy atom. The van der Waals surface area contributed by atoms with Crippen LogP contribution >= 0.6 is 11.3 Å². The summed E-state index contributed by atoms with van der Waals surface area (Å²) in [4.78, 5) is 43.3. The van der Waals surface area contributed by atoms with Crippen LogP contribution < -0.4 is 15.4 Å². The molecule has 0 atom stereocenters. The Hall–Kier alpha value is -5.20. The van der Waals surface area contributed by atoms with Gasteiger partial charge in [-0.25, -0.2) is 13.6 Å². The van der Waals surface area contributed by atoms with E-state index in [1.165, 1.54) is 54.8 Å². The number of fused-ring (bicyclic) bond motifs is 1. The summed E-state index contributed by atoms with van der Waals surface area (Å²) >= 11 is 1.40. The van der Waals surface area contributed by atoms with Crippen molar-refractivity contribution in [2.24, 2.45) is 5.41 Å². The highest BCUT2D eigenvalue weighted by Crippen LogP contribution is 2.48. The summed E-state index contributed by atoms with van der Waals surface area (Å²) in [5.74, 6) is -2.33. The summed E-state index contributed by atoms with van der Waals surface area (Å²) < 4.78 is 45.1. The molecule has 0 spiro atoms. The largest absolute Gasteiger partial charge is 0.460 e. The molecule has 1 saturated carbocycles. The monoisotopic (exact) mass is 643 g/mol. The highest BCUT2D eigenvalue weighted by atomic mass is 32.1. The van der Waals surface area contributed by atoms with E-state index in [2.05, 4.69) is 15.6 Å². The Labute approximate surface area is 266 Å². The third-order valence-electron chi connectivity index (χ3n) is 7.43. The summed E-state index contributed by atoms with van der Waals surface area (Å²) in [6.07, 6.45) is 2.23. The van der Waals surface area contributed by atoms with Gasteiger partial charge in [0.25, 0.3) is 0 Å². The number of carbonyl (C=O) groups excluding carboxylic acids is 3. The van der Waals surface area contributed by atoms with Crippen molar-refractivity contribution in [1.82, 2.24) is 4.98 Å². The van der Waals surface area contributed by atoms with E-state index in [0.29, 0.717) is 46.7 Å². The number of ether oxygens (including phenoxy) is 3. The predicted molar refractivity (Wildman–Crippen MR) is 169 cm³/mol. The highest BCUT2D eigenvalue weighted by molar-refractivity contribution is 7.22. The molecule has 234 valence electrons. The van der Waals surface area contributed by atoms with E-state index in [9.17, 15) is 18.8 Å². The number of aromatic nitrogens is 1. The number of hydrogen-bond donors (Lipinski definition) is 2. The fourth-order valence-corrected chi connectivity index (χ4v) is 5.78. The molecule has 2 N–H and O–H groups in total. The maximum Gasteiger partial charge on any atom is 0.338 e. The molecule has 6 rings (SSSR count). The van der Waals surface area contributed by atoms with Gasteiger partial charge in [0.2, 0.25) is 11.8 Å². The van der Waals surface area contributed by atoms with Crippen LogP contribution in [0.4, 0.5) is 20.2 Å². The van der Waals surface area contributed by atoms with Gasteiger partial charge in [0.1, 0.15) is 23.6 Å². The quantitative estimate of drug-likeness (QED) is 0.0889. The van der Waals surface area contributed by atoms with Crippen molar-refractivity contribution in [3.05, 3.63) is 102 Å².